The summed E-state index contributed by atoms with van der Waals surface area (Å²) in [7, 11) is 0. The molecule has 8 heteroatoms. The molecule has 0 radical (unpaired) electrons. The Balaban J connectivity index is 1.35. The first-order valence-electron chi connectivity index (χ1n) is 12.5. The highest BCUT2D eigenvalue weighted by Crippen LogP contribution is 2.44. The van der Waals surface area contributed by atoms with Gasteiger partial charge in [-0.05, 0) is 60.6 Å². The summed E-state index contributed by atoms with van der Waals surface area (Å²) in [6.45, 7) is 5.61. The minimum absolute atomic E-state index is 0.00714. The third-order valence-electron chi connectivity index (χ3n) is 6.19. The first-order valence-corrected chi connectivity index (χ1v) is 12.5. The van der Waals surface area contributed by atoms with Crippen LogP contribution in [0, 0.1) is 0 Å². The normalized spacial score (nSPS) is 13.1. The average Bonchev–Trinajstić information content (AvgIpc) is 3.19. The second-order valence-electron chi connectivity index (χ2n) is 10.2. The number of nitrogens with one attached hydrogen (secondary N) is 2. The maximum Gasteiger partial charge on any atom is 0.407 e. The van der Waals surface area contributed by atoms with Gasteiger partial charge in [0.05, 0.1) is 12.0 Å². The molecule has 4 rings (SSSR count). The number of alkyl carbamates (subject to hydrolysis) is 2. The molecular weight excluding hydrogens is 484 g/mol. The molecule has 2 N–H and O–H groups in total. The monoisotopic (exact) mass is 515 g/mol. The zero-order valence-corrected chi connectivity index (χ0v) is 21.7. The molecule has 198 valence electrons. The van der Waals surface area contributed by atoms with E-state index < -0.39 is 29.8 Å². The van der Waals surface area contributed by atoms with Gasteiger partial charge in [-0.1, -0.05) is 72.8 Å². The molecule has 1 atom stereocenters. The van der Waals surface area contributed by atoms with E-state index in [1.54, 1.807) is 45.0 Å². The van der Waals surface area contributed by atoms with Gasteiger partial charge < -0.3 is 30.0 Å². The van der Waals surface area contributed by atoms with Crippen LogP contribution in [0.2, 0.25) is 0 Å². The summed E-state index contributed by atoms with van der Waals surface area (Å²) in [5.74, 6) is -1.56. The Bertz CT molecular complexity index is 1280. The number of rotatable bonds is 8. The van der Waals surface area contributed by atoms with Gasteiger partial charge in [0.1, 0.15) is 12.2 Å². The van der Waals surface area contributed by atoms with Crippen molar-refractivity contribution in [2.24, 2.45) is 0 Å². The number of carbonyl (C=O) groups excluding carboxylic acids is 3. The fourth-order valence-electron chi connectivity index (χ4n) is 4.57. The Hall–Kier alpha value is -4.33. The van der Waals surface area contributed by atoms with Gasteiger partial charge in [0.2, 0.25) is 0 Å². The summed E-state index contributed by atoms with van der Waals surface area (Å²) in [6.07, 6.45) is -1.39. The van der Waals surface area contributed by atoms with Crippen molar-refractivity contribution in [3.63, 3.8) is 0 Å². The summed E-state index contributed by atoms with van der Waals surface area (Å²) >= 11 is 0. The highest BCUT2D eigenvalue weighted by Gasteiger charge is 2.29. The molecule has 0 fully saturated rings. The van der Waals surface area contributed by atoms with E-state index >= 15 is 0 Å². The number of ether oxygens (including phenoxy) is 2. The van der Waals surface area contributed by atoms with E-state index in [1.807, 2.05) is 48.5 Å². The number of carboxylic acids is 1. The van der Waals surface area contributed by atoms with Gasteiger partial charge in [0, 0.05) is 12.5 Å². The summed E-state index contributed by atoms with van der Waals surface area (Å²) in [6, 6.07) is 21.7. The predicted molar refractivity (Wildman–Crippen MR) is 140 cm³/mol. The molecule has 3 aromatic rings. The van der Waals surface area contributed by atoms with E-state index in [2.05, 4.69) is 10.6 Å². The highest BCUT2D eigenvalue weighted by atomic mass is 16.6. The Morgan fingerprint density at radius 1 is 0.868 bits per heavy atom. The highest BCUT2D eigenvalue weighted by molar-refractivity contribution is 5.80. The molecule has 2 amide bonds. The summed E-state index contributed by atoms with van der Waals surface area (Å²) < 4.78 is 10.7. The van der Waals surface area contributed by atoms with Crippen molar-refractivity contribution in [2.75, 3.05) is 6.61 Å². The molecule has 0 aliphatic heterocycles. The van der Waals surface area contributed by atoms with Gasteiger partial charge >= 0.3 is 12.2 Å². The van der Waals surface area contributed by atoms with E-state index in [-0.39, 0.29) is 25.5 Å². The topological polar surface area (TPSA) is 117 Å². The standard InChI is InChI=1S/C30H32N2O6/c1-30(2,3)38-28(35)31-17-20-10-8-9-19(15-20)16-26(27(33)34)32-29(36)37-18-25-23-13-6-4-11-21(23)22-12-5-7-14-24(22)25/h4-15,25-26H,16-18H2,1-3H3,(H,31,35)(H,32,36)(H,33,34)/p-1/t26-/m1/s1. The SMILES string of the molecule is CC(C)(C)OC(=O)NCc1cccc(C[C@@H](NC(=O)OCC2c3ccccc3-c3ccccc32)C(=O)[O-])c1. The van der Waals surface area contributed by atoms with Crippen molar-refractivity contribution < 1.29 is 29.0 Å². The Labute approximate surface area is 222 Å². The zero-order chi connectivity index (χ0) is 27.3. The second-order valence-corrected chi connectivity index (χ2v) is 10.2. The van der Waals surface area contributed by atoms with Crippen LogP contribution in [0.25, 0.3) is 11.1 Å². The Morgan fingerprint density at radius 2 is 1.47 bits per heavy atom. The van der Waals surface area contributed by atoms with Crippen LogP contribution in [0.5, 0.6) is 0 Å². The van der Waals surface area contributed by atoms with Crippen LogP contribution in [0.1, 0.15) is 48.9 Å². The number of carboxylic acid groups (broad SMARTS) is 1. The van der Waals surface area contributed by atoms with Crippen LogP contribution in [0.15, 0.2) is 72.8 Å². The lowest BCUT2D eigenvalue weighted by molar-refractivity contribution is -0.308. The van der Waals surface area contributed by atoms with Crippen LogP contribution >= 0.6 is 0 Å². The quantitative estimate of drug-likeness (QED) is 0.470. The van der Waals surface area contributed by atoms with E-state index in [9.17, 15) is 19.5 Å². The third-order valence-corrected chi connectivity index (χ3v) is 6.19. The smallest absolute Gasteiger partial charge is 0.407 e. The number of fused-ring (bicyclic) bond motifs is 3. The van der Waals surface area contributed by atoms with Crippen LogP contribution < -0.4 is 15.7 Å². The predicted octanol–water partition coefficient (Wildman–Crippen LogP) is 3.91. The van der Waals surface area contributed by atoms with Gasteiger partial charge in [-0.2, -0.15) is 0 Å². The molecule has 3 aromatic carbocycles. The van der Waals surface area contributed by atoms with Crippen LogP contribution in [-0.2, 0) is 27.2 Å². The minimum atomic E-state index is -1.42. The first kappa shape index (κ1) is 26.7. The number of amides is 2. The Kier molecular flexibility index (Phi) is 8.00. The molecule has 0 saturated carbocycles. The molecule has 0 bridgehead atoms. The fraction of sp³-hybridized carbons (Fsp3) is 0.300. The third kappa shape index (κ3) is 6.70. The molecule has 38 heavy (non-hydrogen) atoms. The maximum atomic E-state index is 12.6. The van der Waals surface area contributed by atoms with E-state index in [0.717, 1.165) is 27.8 Å². The van der Waals surface area contributed by atoms with E-state index in [1.165, 1.54) is 0 Å². The fourth-order valence-corrected chi connectivity index (χ4v) is 4.57. The van der Waals surface area contributed by atoms with Gasteiger partial charge in [0.25, 0.3) is 0 Å². The largest absolute Gasteiger partial charge is 0.548 e. The molecule has 0 heterocycles. The Morgan fingerprint density at radius 3 is 2.08 bits per heavy atom. The minimum Gasteiger partial charge on any atom is -0.548 e. The average molecular weight is 516 g/mol. The van der Waals surface area contributed by atoms with Gasteiger partial charge in [0.15, 0.2) is 0 Å². The molecular formula is C30H31N2O6-. The molecule has 0 saturated heterocycles. The number of hydrogen-bond donors (Lipinski definition) is 2. The van der Waals surface area contributed by atoms with Crippen molar-refractivity contribution in [1.82, 2.24) is 10.6 Å². The number of aliphatic carboxylic acids is 1. The van der Waals surface area contributed by atoms with Crippen molar-refractivity contribution in [3.05, 3.63) is 95.1 Å². The van der Waals surface area contributed by atoms with Crippen molar-refractivity contribution in [1.29, 1.82) is 0 Å². The molecule has 8 nitrogen and oxygen atoms in total. The summed E-state index contributed by atoms with van der Waals surface area (Å²) in [5, 5.41) is 16.9. The molecule has 1 aliphatic carbocycles. The number of carbonyl (C=O) groups is 3. The second kappa shape index (κ2) is 11.4. The molecule has 0 spiro atoms. The first-order chi connectivity index (χ1) is 18.1. The van der Waals surface area contributed by atoms with Gasteiger partial charge in [-0.25, -0.2) is 9.59 Å². The lowest BCUT2D eigenvalue weighted by Gasteiger charge is -2.21. The lowest BCUT2D eigenvalue weighted by atomic mass is 9.98. The molecule has 0 unspecified atom stereocenters. The van der Waals surface area contributed by atoms with Crippen molar-refractivity contribution in [2.45, 2.75) is 51.3 Å². The van der Waals surface area contributed by atoms with Crippen molar-refractivity contribution in [3.8, 4) is 11.1 Å². The number of benzene rings is 3. The van der Waals surface area contributed by atoms with Crippen LogP contribution in [-0.4, -0.2) is 36.4 Å². The van der Waals surface area contributed by atoms with Crippen LogP contribution in [0.3, 0.4) is 0 Å². The maximum absolute atomic E-state index is 12.6. The summed E-state index contributed by atoms with van der Waals surface area (Å²) in [4.78, 5) is 36.3. The van der Waals surface area contributed by atoms with Gasteiger partial charge in [-0.15, -0.1) is 0 Å². The summed E-state index contributed by atoms with van der Waals surface area (Å²) in [5.41, 5.74) is 5.13. The zero-order valence-electron chi connectivity index (χ0n) is 21.7. The van der Waals surface area contributed by atoms with E-state index in [0.29, 0.717) is 5.56 Å². The lowest BCUT2D eigenvalue weighted by Crippen LogP contribution is -2.49. The van der Waals surface area contributed by atoms with E-state index in [4.69, 9.17) is 9.47 Å². The van der Waals surface area contributed by atoms with Crippen molar-refractivity contribution >= 4 is 18.2 Å². The van der Waals surface area contributed by atoms with Crippen LogP contribution in [0.4, 0.5) is 9.59 Å². The van der Waals surface area contributed by atoms with Gasteiger partial charge in [-0.3, -0.25) is 0 Å². The number of hydrogen-bond acceptors (Lipinski definition) is 6. The molecule has 1 aliphatic rings. The molecule has 0 aromatic heterocycles.